The number of nitrogen functional groups attached to an aromatic ring is 8. The van der Waals surface area contributed by atoms with Gasteiger partial charge >= 0.3 is 0 Å². The largest absolute Gasteiger partial charge is 0.368 e. The molecule has 0 radical (unpaired) electrons. The van der Waals surface area contributed by atoms with Crippen molar-refractivity contribution in [1.29, 1.82) is 0 Å². The minimum atomic E-state index is -1.18. The zero-order valence-electron chi connectivity index (χ0n) is 38.0. The van der Waals surface area contributed by atoms with Crippen molar-refractivity contribution >= 4 is 47.6 Å². The second kappa shape index (κ2) is 18.6. The molecule has 24 nitrogen and oxygen atoms in total. The summed E-state index contributed by atoms with van der Waals surface area (Å²) in [6, 6.07) is 30.7. The molecule has 2 aliphatic rings. The van der Waals surface area contributed by atoms with Crippen molar-refractivity contribution in [3.8, 4) is 45.6 Å². The third-order valence-corrected chi connectivity index (χ3v) is 11.9. The van der Waals surface area contributed by atoms with Crippen LogP contribution in [0.4, 0.5) is 47.6 Å². The van der Waals surface area contributed by atoms with E-state index in [-0.39, 0.29) is 74.0 Å². The van der Waals surface area contributed by atoms with E-state index in [4.69, 9.17) is 64.8 Å². The number of rotatable bonds is 12. The van der Waals surface area contributed by atoms with E-state index in [1.807, 2.05) is 97.1 Å². The minimum absolute atomic E-state index is 0.00899. The lowest BCUT2D eigenvalue weighted by Crippen LogP contribution is -2.60. The van der Waals surface area contributed by atoms with Crippen molar-refractivity contribution in [2.75, 3.05) is 72.3 Å². The van der Waals surface area contributed by atoms with Crippen molar-refractivity contribution in [2.45, 2.75) is 37.3 Å². The van der Waals surface area contributed by atoms with E-state index in [1.165, 1.54) is 0 Å². The molecule has 8 aromatic rings. The molecule has 0 amide bonds. The second-order valence-corrected chi connectivity index (χ2v) is 17.5. The summed E-state index contributed by atoms with van der Waals surface area (Å²) in [4.78, 5) is 50.2. The van der Waals surface area contributed by atoms with Gasteiger partial charge in [-0.15, -0.1) is 0 Å². The number of hydrogen-bond acceptors (Lipinski definition) is 24. The fourth-order valence-corrected chi connectivity index (χ4v) is 8.68. The Morgan fingerprint density at radius 2 is 0.521 bits per heavy atom. The van der Waals surface area contributed by atoms with Gasteiger partial charge in [-0.3, -0.25) is 0 Å². The van der Waals surface area contributed by atoms with Gasteiger partial charge in [0.15, 0.2) is 34.9 Å². The summed E-state index contributed by atoms with van der Waals surface area (Å²) >= 11 is 0. The molecule has 10 rings (SSSR count). The highest BCUT2D eigenvalue weighted by Crippen LogP contribution is 2.42. The Labute approximate surface area is 405 Å². The van der Waals surface area contributed by atoms with Crippen LogP contribution in [0.3, 0.4) is 0 Å². The third-order valence-electron chi connectivity index (χ3n) is 11.9. The van der Waals surface area contributed by atoms with Crippen LogP contribution in [0.2, 0.25) is 0 Å². The number of nitrogens with zero attached hydrogens (tertiary/aromatic N) is 12. The number of ether oxygens (including phenoxy) is 4. The van der Waals surface area contributed by atoms with Gasteiger partial charge in [0.2, 0.25) is 47.6 Å². The van der Waals surface area contributed by atoms with Crippen molar-refractivity contribution in [1.82, 2.24) is 59.8 Å². The minimum Gasteiger partial charge on any atom is -0.368 e. The van der Waals surface area contributed by atoms with Crippen molar-refractivity contribution < 1.29 is 18.9 Å². The highest BCUT2D eigenvalue weighted by Gasteiger charge is 2.51. The first-order valence-corrected chi connectivity index (χ1v) is 22.2. The maximum absolute atomic E-state index is 6.98. The van der Waals surface area contributed by atoms with Crippen molar-refractivity contribution in [2.24, 2.45) is 5.41 Å². The molecule has 4 aromatic heterocycles. The first-order chi connectivity index (χ1) is 34.2. The van der Waals surface area contributed by atoms with Crippen LogP contribution in [-0.2, 0) is 44.6 Å². The molecule has 0 unspecified atom stereocenters. The van der Waals surface area contributed by atoms with Gasteiger partial charge in [0.25, 0.3) is 0 Å². The number of hydrogen-bond donors (Lipinski definition) is 8. The summed E-state index contributed by atoms with van der Waals surface area (Å²) in [5, 5.41) is 0. The Hall–Kier alpha value is -8.84. The Morgan fingerprint density at radius 1 is 0.310 bits per heavy atom. The van der Waals surface area contributed by atoms with Gasteiger partial charge in [0.05, 0.1) is 31.8 Å². The maximum atomic E-state index is 6.98. The lowest BCUT2D eigenvalue weighted by atomic mass is 9.86. The molecule has 24 heteroatoms. The first-order valence-electron chi connectivity index (χ1n) is 22.2. The number of nitrogens with two attached hydrogens (primary N) is 8. The van der Waals surface area contributed by atoms with Crippen LogP contribution in [0.15, 0.2) is 97.1 Å². The van der Waals surface area contributed by atoms with Crippen LogP contribution < -0.4 is 45.9 Å². The topological polar surface area (TPSA) is 400 Å². The third kappa shape index (κ3) is 10.4. The van der Waals surface area contributed by atoms with E-state index in [9.17, 15) is 0 Å². The van der Waals surface area contributed by atoms with Gasteiger partial charge in [0.1, 0.15) is 0 Å². The van der Waals surface area contributed by atoms with Gasteiger partial charge in [-0.2, -0.15) is 59.8 Å². The van der Waals surface area contributed by atoms with Crippen LogP contribution in [0.1, 0.15) is 22.3 Å². The summed E-state index contributed by atoms with van der Waals surface area (Å²) in [6.45, 7) is 0.885. The standard InChI is InChI=1S/C47H48N20O4/c48-37-56-33(57-38(49)64-37)29-9-1-5-25(13-29)17-46(18-26-6-2-10-30(14-26)34-58-39(50)65-40(51)59-34)68-21-45(22-69-46)23-70-47(71-24-45,19-27-7-3-11-31(15-27)35-60-41(52)66-42(53)61-35)20-28-8-4-12-32(16-28)36-62-43(54)67-44(55)63-36/h1-16H,17-24H2,(H4,48,49,56,57,64)(H4,50,51,58,59,65)(H4,52,53,60,61,66)(H4,54,55,62,63,67). The molecule has 71 heavy (non-hydrogen) atoms. The first kappa shape index (κ1) is 45.9. The predicted octanol–water partition coefficient (Wildman–Crippen LogP) is 2.50. The second-order valence-electron chi connectivity index (χ2n) is 17.5. The fraction of sp³-hybridized carbons (Fsp3) is 0.234. The van der Waals surface area contributed by atoms with Crippen LogP contribution in [0, 0.1) is 5.41 Å². The number of anilines is 8. The van der Waals surface area contributed by atoms with E-state index >= 15 is 0 Å². The average Bonchev–Trinajstić information content (AvgIpc) is 3.33. The van der Waals surface area contributed by atoms with E-state index in [0.29, 0.717) is 71.2 Å². The lowest BCUT2D eigenvalue weighted by Gasteiger charge is -2.51. The quantitative estimate of drug-likeness (QED) is 0.0871. The summed E-state index contributed by atoms with van der Waals surface area (Å²) in [5.74, 6) is -0.973. The van der Waals surface area contributed by atoms with Crippen LogP contribution in [-0.4, -0.2) is 97.8 Å². The molecular formula is C47H48N20O4. The lowest BCUT2D eigenvalue weighted by molar-refractivity contribution is -0.366. The monoisotopic (exact) mass is 956 g/mol. The van der Waals surface area contributed by atoms with E-state index in [1.54, 1.807) is 0 Å². The van der Waals surface area contributed by atoms with Crippen molar-refractivity contribution in [3.63, 3.8) is 0 Å². The van der Waals surface area contributed by atoms with Crippen molar-refractivity contribution in [3.05, 3.63) is 119 Å². The molecule has 6 heterocycles. The Morgan fingerprint density at radius 3 is 0.732 bits per heavy atom. The normalized spacial score (nSPS) is 15.9. The zero-order valence-corrected chi connectivity index (χ0v) is 38.0. The van der Waals surface area contributed by atoms with E-state index in [0.717, 1.165) is 22.3 Å². The molecule has 2 saturated heterocycles. The summed E-state index contributed by atoms with van der Waals surface area (Å²) in [6.07, 6.45) is 1.27. The Balaban J connectivity index is 0.946. The molecule has 0 aliphatic carbocycles. The van der Waals surface area contributed by atoms with E-state index in [2.05, 4.69) is 59.8 Å². The van der Waals surface area contributed by atoms with Gasteiger partial charge in [-0.1, -0.05) is 72.8 Å². The van der Waals surface area contributed by atoms with E-state index < -0.39 is 17.0 Å². The zero-order chi connectivity index (χ0) is 49.3. The Bertz CT molecular complexity index is 2770. The summed E-state index contributed by atoms with van der Waals surface area (Å²) in [5.41, 5.74) is 53.0. The smallest absolute Gasteiger partial charge is 0.225 e. The van der Waals surface area contributed by atoms with Crippen LogP contribution >= 0.6 is 0 Å². The molecule has 2 aliphatic heterocycles. The molecule has 4 aromatic carbocycles. The average molecular weight is 957 g/mol. The number of aromatic nitrogens is 12. The fourth-order valence-electron chi connectivity index (χ4n) is 8.68. The van der Waals surface area contributed by atoms with Gasteiger partial charge in [0, 0.05) is 47.9 Å². The molecule has 0 bridgehead atoms. The molecule has 360 valence electrons. The van der Waals surface area contributed by atoms with Gasteiger partial charge in [-0.05, 0) is 46.5 Å². The van der Waals surface area contributed by atoms with Gasteiger partial charge in [-0.25, -0.2) is 0 Å². The maximum Gasteiger partial charge on any atom is 0.225 e. The molecule has 16 N–H and O–H groups in total. The van der Waals surface area contributed by atoms with Gasteiger partial charge < -0.3 is 64.8 Å². The highest BCUT2D eigenvalue weighted by molar-refractivity contribution is 5.61. The van der Waals surface area contributed by atoms with Crippen LogP contribution in [0.25, 0.3) is 45.6 Å². The Kier molecular flexibility index (Phi) is 12.0. The molecule has 0 saturated carbocycles. The highest BCUT2D eigenvalue weighted by atomic mass is 16.7. The molecular weight excluding hydrogens is 909 g/mol. The summed E-state index contributed by atoms with van der Waals surface area (Å²) in [7, 11) is 0. The summed E-state index contributed by atoms with van der Waals surface area (Å²) < 4.78 is 27.9. The number of benzene rings is 4. The molecule has 2 fully saturated rings. The van der Waals surface area contributed by atoms with Crippen LogP contribution in [0.5, 0.6) is 0 Å². The molecule has 1 spiro atoms. The predicted molar refractivity (Wildman–Crippen MR) is 263 cm³/mol. The SMILES string of the molecule is Nc1nc(N)nc(-c2cccc(CC3(Cc4cccc(-c5nc(N)nc(N)n5)c4)OCC4(CO3)COC(Cc3cccc(-c5nc(N)nc(N)n5)c3)(Cc3cccc(-c5nc(N)nc(N)n5)c3)OC4)c2)n1. The molecule has 0 atom stereocenters.